The Morgan fingerprint density at radius 1 is 1.14 bits per heavy atom. The quantitative estimate of drug-likeness (QED) is 0.604. The van der Waals surface area contributed by atoms with Crippen LogP contribution < -0.4 is 4.74 Å². The molecule has 0 aliphatic carbocycles. The molecule has 5 nitrogen and oxygen atoms in total. The standard InChI is InChI=1S/C24H30N4O/c1-3-28-15-13-25-24(28)18-27-14-7-9-20(17-27)22-11-6-10-21(26-22)16-19-8-4-5-12-23(19)29-2/h4-6,8,10-13,15,20H,3,7,9,14,16-18H2,1-2H3/t20-/m1/s1. The second kappa shape index (κ2) is 9.23. The van der Waals surface area contributed by atoms with Crippen molar-refractivity contribution in [2.45, 2.75) is 45.2 Å². The van der Waals surface area contributed by atoms with E-state index >= 15 is 0 Å². The Morgan fingerprint density at radius 3 is 2.90 bits per heavy atom. The van der Waals surface area contributed by atoms with E-state index in [-0.39, 0.29) is 0 Å². The third-order valence-electron chi connectivity index (χ3n) is 5.82. The highest BCUT2D eigenvalue weighted by Gasteiger charge is 2.23. The zero-order chi connectivity index (χ0) is 20.1. The fourth-order valence-electron chi connectivity index (χ4n) is 4.29. The second-order valence-corrected chi connectivity index (χ2v) is 7.75. The lowest BCUT2D eigenvalue weighted by Gasteiger charge is -2.32. The van der Waals surface area contributed by atoms with Crippen LogP contribution in [0.1, 0.15) is 48.5 Å². The van der Waals surface area contributed by atoms with Crippen LogP contribution in [0.3, 0.4) is 0 Å². The van der Waals surface area contributed by atoms with Crippen LogP contribution in [0.5, 0.6) is 5.75 Å². The van der Waals surface area contributed by atoms with Gasteiger partial charge in [0.1, 0.15) is 11.6 Å². The SMILES string of the molecule is CCn1ccnc1CN1CCC[C@@H](c2cccc(Cc3ccccc3OC)n2)C1. The van der Waals surface area contributed by atoms with Crippen molar-refractivity contribution in [3.8, 4) is 5.75 Å². The van der Waals surface area contributed by atoms with E-state index in [1.54, 1.807) is 7.11 Å². The van der Waals surface area contributed by atoms with E-state index in [4.69, 9.17) is 9.72 Å². The number of methoxy groups -OCH3 is 1. The predicted octanol–water partition coefficient (Wildman–Crippen LogP) is 4.28. The third-order valence-corrected chi connectivity index (χ3v) is 5.82. The second-order valence-electron chi connectivity index (χ2n) is 7.75. The third kappa shape index (κ3) is 4.67. The van der Waals surface area contributed by atoms with Crippen LogP contribution in [0.15, 0.2) is 54.9 Å². The lowest BCUT2D eigenvalue weighted by atomic mass is 9.94. The molecule has 4 rings (SSSR count). The van der Waals surface area contributed by atoms with Gasteiger partial charge in [0.25, 0.3) is 0 Å². The summed E-state index contributed by atoms with van der Waals surface area (Å²) < 4.78 is 7.74. The molecule has 0 saturated carbocycles. The smallest absolute Gasteiger partial charge is 0.122 e. The Balaban J connectivity index is 1.46. The number of aryl methyl sites for hydroxylation is 1. The number of hydrogen-bond donors (Lipinski definition) is 0. The number of piperidine rings is 1. The average molecular weight is 391 g/mol. The first-order valence-corrected chi connectivity index (χ1v) is 10.6. The van der Waals surface area contributed by atoms with Gasteiger partial charge >= 0.3 is 0 Å². The molecule has 0 bridgehead atoms. The van der Waals surface area contributed by atoms with Crippen molar-refractivity contribution < 1.29 is 4.74 Å². The fraction of sp³-hybridized carbons (Fsp3) is 0.417. The monoisotopic (exact) mass is 390 g/mol. The molecule has 1 aromatic carbocycles. The fourth-order valence-corrected chi connectivity index (χ4v) is 4.29. The molecule has 0 unspecified atom stereocenters. The summed E-state index contributed by atoms with van der Waals surface area (Å²) in [7, 11) is 1.73. The Morgan fingerprint density at radius 2 is 2.03 bits per heavy atom. The van der Waals surface area contributed by atoms with E-state index < -0.39 is 0 Å². The molecule has 1 fully saturated rings. The summed E-state index contributed by atoms with van der Waals surface area (Å²) in [5.74, 6) is 2.56. The number of aromatic nitrogens is 3. The highest BCUT2D eigenvalue weighted by Crippen LogP contribution is 2.27. The molecule has 5 heteroatoms. The minimum absolute atomic E-state index is 0.478. The van der Waals surface area contributed by atoms with Crippen LogP contribution in [0.4, 0.5) is 0 Å². The number of benzene rings is 1. The lowest BCUT2D eigenvalue weighted by Crippen LogP contribution is -2.35. The summed E-state index contributed by atoms with van der Waals surface area (Å²) in [4.78, 5) is 12.1. The van der Waals surface area contributed by atoms with E-state index in [1.807, 2.05) is 18.3 Å². The molecule has 1 aliphatic rings. The summed E-state index contributed by atoms with van der Waals surface area (Å²) in [5.41, 5.74) is 3.49. The van der Waals surface area contributed by atoms with Crippen molar-refractivity contribution in [3.63, 3.8) is 0 Å². The number of rotatable bonds is 7. The van der Waals surface area contributed by atoms with E-state index in [1.165, 1.54) is 24.1 Å². The summed E-state index contributed by atoms with van der Waals surface area (Å²) in [6.45, 7) is 6.23. The number of imidazole rings is 1. The summed E-state index contributed by atoms with van der Waals surface area (Å²) in [5, 5.41) is 0. The minimum Gasteiger partial charge on any atom is -0.496 e. The van der Waals surface area contributed by atoms with Crippen molar-refractivity contribution in [2.75, 3.05) is 20.2 Å². The van der Waals surface area contributed by atoms with Gasteiger partial charge < -0.3 is 9.30 Å². The van der Waals surface area contributed by atoms with Gasteiger partial charge in [-0.25, -0.2) is 4.98 Å². The van der Waals surface area contributed by atoms with Gasteiger partial charge in [0.15, 0.2) is 0 Å². The molecule has 1 atom stereocenters. The molecule has 2 aromatic heterocycles. The van der Waals surface area contributed by atoms with Crippen molar-refractivity contribution in [1.82, 2.24) is 19.4 Å². The summed E-state index contributed by atoms with van der Waals surface area (Å²) in [6.07, 6.45) is 7.17. The van der Waals surface area contributed by atoms with Crippen LogP contribution >= 0.6 is 0 Å². The van der Waals surface area contributed by atoms with Crippen molar-refractivity contribution in [1.29, 1.82) is 0 Å². The van der Waals surface area contributed by atoms with Crippen LogP contribution in [0.25, 0.3) is 0 Å². The predicted molar refractivity (Wildman–Crippen MR) is 115 cm³/mol. The Bertz CT molecular complexity index is 936. The number of hydrogen-bond acceptors (Lipinski definition) is 4. The first-order chi connectivity index (χ1) is 14.3. The Labute approximate surface area is 173 Å². The molecule has 3 heterocycles. The molecule has 29 heavy (non-hydrogen) atoms. The van der Waals surface area contributed by atoms with Crippen molar-refractivity contribution >= 4 is 0 Å². The largest absolute Gasteiger partial charge is 0.496 e. The number of likely N-dealkylation sites (tertiary alicyclic amines) is 1. The van der Waals surface area contributed by atoms with E-state index in [2.05, 4.69) is 57.9 Å². The maximum absolute atomic E-state index is 5.50. The average Bonchev–Trinajstić information content (AvgIpc) is 3.21. The molecule has 3 aromatic rings. The number of nitrogens with zero attached hydrogens (tertiary/aromatic N) is 4. The minimum atomic E-state index is 0.478. The highest BCUT2D eigenvalue weighted by atomic mass is 16.5. The van der Waals surface area contributed by atoms with Crippen LogP contribution in [-0.4, -0.2) is 39.6 Å². The van der Waals surface area contributed by atoms with E-state index in [9.17, 15) is 0 Å². The summed E-state index contributed by atoms with van der Waals surface area (Å²) >= 11 is 0. The van der Waals surface area contributed by atoms with Gasteiger partial charge in [-0.15, -0.1) is 0 Å². The first kappa shape index (κ1) is 19.6. The van der Waals surface area contributed by atoms with Crippen molar-refractivity contribution in [2.24, 2.45) is 0 Å². The molecular weight excluding hydrogens is 360 g/mol. The van der Waals surface area contributed by atoms with Gasteiger partial charge in [0.05, 0.1) is 13.7 Å². The van der Waals surface area contributed by atoms with Gasteiger partial charge in [0, 0.05) is 54.8 Å². The van der Waals surface area contributed by atoms with Gasteiger partial charge in [-0.1, -0.05) is 24.3 Å². The molecule has 152 valence electrons. The van der Waals surface area contributed by atoms with Gasteiger partial charge in [-0.2, -0.15) is 0 Å². The van der Waals surface area contributed by atoms with Gasteiger partial charge in [-0.05, 0) is 44.5 Å². The normalized spacial score (nSPS) is 17.4. The number of pyridine rings is 1. The highest BCUT2D eigenvalue weighted by molar-refractivity contribution is 5.36. The van der Waals surface area contributed by atoms with Gasteiger partial charge in [0.2, 0.25) is 0 Å². The molecule has 0 N–H and O–H groups in total. The molecule has 0 radical (unpaired) electrons. The maximum Gasteiger partial charge on any atom is 0.122 e. The molecule has 0 spiro atoms. The zero-order valence-corrected chi connectivity index (χ0v) is 17.4. The van der Waals surface area contributed by atoms with Crippen LogP contribution in [0.2, 0.25) is 0 Å². The van der Waals surface area contributed by atoms with Crippen LogP contribution in [0, 0.1) is 0 Å². The van der Waals surface area contributed by atoms with E-state index in [0.717, 1.165) is 49.9 Å². The summed E-state index contributed by atoms with van der Waals surface area (Å²) in [6, 6.07) is 14.6. The Kier molecular flexibility index (Phi) is 6.25. The van der Waals surface area contributed by atoms with Crippen LogP contribution in [-0.2, 0) is 19.5 Å². The number of para-hydroxylation sites is 1. The maximum atomic E-state index is 5.50. The Hall–Kier alpha value is -2.66. The number of ether oxygens (including phenoxy) is 1. The molecule has 1 aliphatic heterocycles. The molecular formula is C24H30N4O. The van der Waals surface area contributed by atoms with Gasteiger partial charge in [-0.3, -0.25) is 9.88 Å². The van der Waals surface area contributed by atoms with E-state index in [0.29, 0.717) is 5.92 Å². The van der Waals surface area contributed by atoms with Crippen molar-refractivity contribution in [3.05, 3.63) is 77.6 Å². The molecule has 0 amide bonds. The zero-order valence-electron chi connectivity index (χ0n) is 17.4. The topological polar surface area (TPSA) is 43.2 Å². The first-order valence-electron chi connectivity index (χ1n) is 10.6. The molecule has 1 saturated heterocycles. The lowest BCUT2D eigenvalue weighted by molar-refractivity contribution is 0.192.